The van der Waals surface area contributed by atoms with E-state index >= 15 is 0 Å². The van der Waals surface area contributed by atoms with Crippen molar-refractivity contribution in [2.75, 3.05) is 5.88 Å². The van der Waals surface area contributed by atoms with Crippen LogP contribution in [0.15, 0.2) is 16.8 Å². The molecule has 1 N–H and O–H groups in total. The number of alkyl halides is 1. The Hall–Kier alpha value is -0.540. The van der Waals surface area contributed by atoms with Crippen molar-refractivity contribution in [2.24, 2.45) is 0 Å². The molecule has 0 aliphatic carbocycles. The summed E-state index contributed by atoms with van der Waals surface area (Å²) >= 11 is 7.20. The Morgan fingerprint density at radius 1 is 1.67 bits per heavy atom. The first-order valence-corrected chi connectivity index (χ1v) is 6.56. The van der Waals surface area contributed by atoms with Crippen LogP contribution in [0.25, 0.3) is 0 Å². The highest BCUT2D eigenvalue weighted by Crippen LogP contribution is 2.07. The molecule has 84 valence electrons. The first kappa shape index (κ1) is 12.5. The predicted octanol–water partition coefficient (Wildman–Crippen LogP) is 2.81. The summed E-state index contributed by atoms with van der Waals surface area (Å²) in [7, 11) is 0. The topological polar surface area (TPSA) is 29.1 Å². The van der Waals surface area contributed by atoms with Gasteiger partial charge in [-0.3, -0.25) is 4.79 Å². The number of carbonyl (C=O) groups excluding carboxylic acids is 1. The van der Waals surface area contributed by atoms with Crippen LogP contribution in [0, 0.1) is 0 Å². The van der Waals surface area contributed by atoms with Crippen LogP contribution in [-0.2, 0) is 11.2 Å². The monoisotopic (exact) mass is 245 g/mol. The van der Waals surface area contributed by atoms with E-state index in [1.807, 2.05) is 23.8 Å². The normalized spacial score (nSPS) is 12.4. The van der Waals surface area contributed by atoms with Gasteiger partial charge in [0, 0.05) is 11.9 Å². The number of carbonyl (C=O) groups is 1. The fourth-order valence-corrected chi connectivity index (χ4v) is 2.18. The highest BCUT2D eigenvalue weighted by Gasteiger charge is 2.07. The van der Waals surface area contributed by atoms with Gasteiger partial charge < -0.3 is 5.32 Å². The third-order valence-corrected chi connectivity index (χ3v) is 3.12. The fraction of sp³-hybridized carbons (Fsp3) is 0.545. The van der Waals surface area contributed by atoms with E-state index in [0.29, 0.717) is 12.3 Å². The highest BCUT2D eigenvalue weighted by atomic mass is 35.5. The molecule has 0 aliphatic heterocycles. The van der Waals surface area contributed by atoms with E-state index in [4.69, 9.17) is 11.6 Å². The maximum atomic E-state index is 11.5. The van der Waals surface area contributed by atoms with Crippen LogP contribution in [0.3, 0.4) is 0 Å². The summed E-state index contributed by atoms with van der Waals surface area (Å²) in [6, 6.07) is 2.20. The van der Waals surface area contributed by atoms with Gasteiger partial charge in [-0.25, -0.2) is 0 Å². The molecule has 0 radical (unpaired) electrons. The van der Waals surface area contributed by atoms with E-state index in [0.717, 1.165) is 18.4 Å². The van der Waals surface area contributed by atoms with Crippen molar-refractivity contribution in [2.45, 2.75) is 32.2 Å². The molecule has 4 heteroatoms. The summed E-state index contributed by atoms with van der Waals surface area (Å²) in [5.74, 6) is 0.751. The highest BCUT2D eigenvalue weighted by molar-refractivity contribution is 7.07. The largest absolute Gasteiger partial charge is 0.353 e. The Kier molecular flexibility index (Phi) is 5.73. The molecule has 0 spiro atoms. The van der Waals surface area contributed by atoms with Crippen LogP contribution >= 0.6 is 22.9 Å². The van der Waals surface area contributed by atoms with Crippen molar-refractivity contribution in [1.82, 2.24) is 5.32 Å². The molecule has 1 atom stereocenters. The molecule has 0 aliphatic rings. The summed E-state index contributed by atoms with van der Waals surface area (Å²) in [6.45, 7) is 2.01. The third kappa shape index (κ3) is 5.19. The van der Waals surface area contributed by atoms with Crippen LogP contribution in [0.2, 0.25) is 0 Å². The summed E-state index contributed by atoms with van der Waals surface area (Å²) < 4.78 is 0. The third-order valence-electron chi connectivity index (χ3n) is 2.12. The molecule has 0 aromatic carbocycles. The number of nitrogens with one attached hydrogen (secondary N) is 1. The molecular weight excluding hydrogens is 230 g/mol. The summed E-state index contributed by atoms with van der Waals surface area (Å²) in [6.07, 6.45) is 2.37. The standard InChI is InChI=1S/C11H16ClNOS/c1-9(3-2-5-12)13-11(14)7-10-4-6-15-8-10/h4,6,8-9H,2-3,5,7H2,1H3,(H,13,14). The summed E-state index contributed by atoms with van der Waals surface area (Å²) in [4.78, 5) is 11.5. The summed E-state index contributed by atoms with van der Waals surface area (Å²) in [5.41, 5.74) is 1.09. The second kappa shape index (κ2) is 6.85. The smallest absolute Gasteiger partial charge is 0.224 e. The average molecular weight is 246 g/mol. The number of halogens is 1. The van der Waals surface area contributed by atoms with Crippen molar-refractivity contribution in [3.05, 3.63) is 22.4 Å². The lowest BCUT2D eigenvalue weighted by atomic mass is 10.2. The van der Waals surface area contributed by atoms with E-state index in [-0.39, 0.29) is 11.9 Å². The zero-order valence-electron chi connectivity index (χ0n) is 8.83. The minimum atomic E-state index is 0.0930. The van der Waals surface area contributed by atoms with Gasteiger partial charge in [0.1, 0.15) is 0 Å². The minimum absolute atomic E-state index is 0.0930. The Balaban J connectivity index is 2.23. The van der Waals surface area contributed by atoms with Gasteiger partial charge in [0.05, 0.1) is 6.42 Å². The Morgan fingerprint density at radius 3 is 3.07 bits per heavy atom. The molecule has 1 heterocycles. The molecule has 1 amide bonds. The average Bonchev–Trinajstić information content (AvgIpc) is 2.67. The minimum Gasteiger partial charge on any atom is -0.353 e. The molecule has 0 saturated carbocycles. The van der Waals surface area contributed by atoms with Crippen LogP contribution in [-0.4, -0.2) is 17.8 Å². The molecule has 1 aromatic rings. The molecule has 1 rings (SSSR count). The van der Waals surface area contributed by atoms with Gasteiger partial charge in [0.15, 0.2) is 0 Å². The maximum Gasteiger partial charge on any atom is 0.224 e. The van der Waals surface area contributed by atoms with Gasteiger partial charge in [-0.1, -0.05) is 0 Å². The van der Waals surface area contributed by atoms with E-state index in [2.05, 4.69) is 5.32 Å². The second-order valence-electron chi connectivity index (χ2n) is 3.61. The van der Waals surface area contributed by atoms with Gasteiger partial charge in [0.25, 0.3) is 0 Å². The van der Waals surface area contributed by atoms with Crippen molar-refractivity contribution in [1.29, 1.82) is 0 Å². The molecule has 0 fully saturated rings. The lowest BCUT2D eigenvalue weighted by molar-refractivity contribution is -0.121. The fourth-order valence-electron chi connectivity index (χ4n) is 1.36. The molecule has 1 aromatic heterocycles. The van der Waals surface area contributed by atoms with Gasteiger partial charge >= 0.3 is 0 Å². The van der Waals surface area contributed by atoms with E-state index < -0.39 is 0 Å². The predicted molar refractivity (Wildman–Crippen MR) is 65.6 cm³/mol. The molecule has 2 nitrogen and oxygen atoms in total. The Morgan fingerprint density at radius 2 is 2.47 bits per heavy atom. The first-order chi connectivity index (χ1) is 7.22. The lowest BCUT2D eigenvalue weighted by Crippen LogP contribution is -2.33. The summed E-state index contributed by atoms with van der Waals surface area (Å²) in [5, 5.41) is 6.95. The quantitative estimate of drug-likeness (QED) is 0.768. The van der Waals surface area contributed by atoms with Crippen molar-refractivity contribution in [3.8, 4) is 0 Å². The van der Waals surface area contributed by atoms with Crippen LogP contribution in [0.4, 0.5) is 0 Å². The molecular formula is C11H16ClNOS. The van der Waals surface area contributed by atoms with E-state index in [1.54, 1.807) is 11.3 Å². The Bertz CT molecular complexity index is 287. The van der Waals surface area contributed by atoms with E-state index in [1.165, 1.54) is 0 Å². The van der Waals surface area contributed by atoms with Crippen molar-refractivity contribution in [3.63, 3.8) is 0 Å². The van der Waals surface area contributed by atoms with Gasteiger partial charge in [-0.15, -0.1) is 11.6 Å². The van der Waals surface area contributed by atoms with Gasteiger partial charge in [-0.05, 0) is 42.2 Å². The molecule has 15 heavy (non-hydrogen) atoms. The zero-order chi connectivity index (χ0) is 11.1. The SMILES string of the molecule is CC(CCCCl)NC(=O)Cc1ccsc1. The lowest BCUT2D eigenvalue weighted by Gasteiger charge is -2.12. The molecule has 0 bridgehead atoms. The number of rotatable bonds is 6. The molecule has 0 saturated heterocycles. The number of hydrogen-bond acceptors (Lipinski definition) is 2. The van der Waals surface area contributed by atoms with Crippen molar-refractivity contribution >= 4 is 28.8 Å². The van der Waals surface area contributed by atoms with Crippen LogP contribution in [0.1, 0.15) is 25.3 Å². The van der Waals surface area contributed by atoms with Gasteiger partial charge in [0.2, 0.25) is 5.91 Å². The Labute approximate surface area is 99.6 Å². The van der Waals surface area contributed by atoms with Crippen molar-refractivity contribution < 1.29 is 4.79 Å². The van der Waals surface area contributed by atoms with Gasteiger partial charge in [-0.2, -0.15) is 11.3 Å². The number of amides is 1. The second-order valence-corrected chi connectivity index (χ2v) is 4.77. The maximum absolute atomic E-state index is 11.5. The number of thiophene rings is 1. The zero-order valence-corrected chi connectivity index (χ0v) is 10.4. The van der Waals surface area contributed by atoms with Crippen LogP contribution in [0.5, 0.6) is 0 Å². The van der Waals surface area contributed by atoms with E-state index in [9.17, 15) is 4.79 Å². The first-order valence-electron chi connectivity index (χ1n) is 5.08. The van der Waals surface area contributed by atoms with Crippen LogP contribution < -0.4 is 5.32 Å². The number of hydrogen-bond donors (Lipinski definition) is 1. The molecule has 1 unspecified atom stereocenters.